The van der Waals surface area contributed by atoms with E-state index < -0.39 is 15.4 Å². The lowest BCUT2D eigenvalue weighted by atomic mass is 9.94. The largest absolute Gasteiger partial charge is 0.454 e. The molecule has 1 saturated heterocycles. The minimum absolute atomic E-state index is 0.0510. The fourth-order valence-corrected chi connectivity index (χ4v) is 6.20. The van der Waals surface area contributed by atoms with E-state index in [2.05, 4.69) is 10.0 Å². The minimum Gasteiger partial charge on any atom is -0.454 e. The number of anilines is 1. The average molecular weight is 535 g/mol. The number of fused-ring (bicyclic) bond motifs is 1. The number of benzene rings is 3. The molecule has 1 amide bonds. The third-order valence-corrected chi connectivity index (χ3v) is 9.05. The number of aryl methyl sites for hydroxylation is 1. The Bertz CT molecular complexity index is 1480. The van der Waals surface area contributed by atoms with Crippen molar-refractivity contribution in [2.24, 2.45) is 0 Å². The molecular formula is C29H30N2O6S. The van der Waals surface area contributed by atoms with Gasteiger partial charge in [-0.2, -0.15) is 0 Å². The Kier molecular flexibility index (Phi) is 6.37. The van der Waals surface area contributed by atoms with Crippen LogP contribution in [0, 0.1) is 6.92 Å². The summed E-state index contributed by atoms with van der Waals surface area (Å²) in [7, 11) is -3.62. The van der Waals surface area contributed by atoms with E-state index in [-0.39, 0.29) is 30.2 Å². The Balaban J connectivity index is 1.17. The molecule has 3 aromatic carbocycles. The standard InChI is InChI=1S/C29H30N2O6S/c1-19-4-8-22(31-28(32)29(12-13-29)21-7-11-26-27(15-21)37-18-36-26)16-25(19)20-5-9-24(10-6-20)38(33,34)30-17-23-3-2-14-35-23/h4-11,15-16,23,30H,2-3,12-14,17-18H2,1H3,(H,31,32)/t23-/m1/s1. The van der Waals surface area contributed by atoms with Crippen molar-refractivity contribution in [3.05, 3.63) is 71.8 Å². The Morgan fingerprint density at radius 2 is 1.79 bits per heavy atom. The first-order chi connectivity index (χ1) is 18.3. The highest BCUT2D eigenvalue weighted by Gasteiger charge is 2.51. The highest BCUT2D eigenvalue weighted by atomic mass is 32.2. The highest BCUT2D eigenvalue weighted by molar-refractivity contribution is 7.89. The molecule has 38 heavy (non-hydrogen) atoms. The van der Waals surface area contributed by atoms with Crippen LogP contribution in [0.2, 0.25) is 0 Å². The zero-order valence-electron chi connectivity index (χ0n) is 21.2. The topological polar surface area (TPSA) is 103 Å². The van der Waals surface area contributed by atoms with E-state index in [0.717, 1.165) is 47.9 Å². The lowest BCUT2D eigenvalue weighted by molar-refractivity contribution is -0.118. The number of hydrogen-bond donors (Lipinski definition) is 2. The van der Waals surface area contributed by atoms with Gasteiger partial charge < -0.3 is 19.5 Å². The summed E-state index contributed by atoms with van der Waals surface area (Å²) >= 11 is 0. The molecule has 1 saturated carbocycles. The second-order valence-corrected chi connectivity index (χ2v) is 11.9. The van der Waals surface area contributed by atoms with Gasteiger partial charge in [0, 0.05) is 18.8 Å². The SMILES string of the molecule is Cc1ccc(NC(=O)C2(c3ccc4c(c3)OCO4)CC2)cc1-c1ccc(S(=O)(=O)NC[C@H]2CCCO2)cc1. The van der Waals surface area contributed by atoms with Gasteiger partial charge in [0.05, 0.1) is 16.4 Å². The van der Waals surface area contributed by atoms with Crippen molar-refractivity contribution in [2.45, 2.75) is 49.0 Å². The second-order valence-electron chi connectivity index (χ2n) is 10.1. The molecule has 8 nitrogen and oxygen atoms in total. The summed E-state index contributed by atoms with van der Waals surface area (Å²) in [5.41, 5.74) is 3.86. The van der Waals surface area contributed by atoms with Gasteiger partial charge in [-0.05, 0) is 91.3 Å². The van der Waals surface area contributed by atoms with Gasteiger partial charge in [0.25, 0.3) is 0 Å². The molecule has 6 rings (SSSR count). The first-order valence-corrected chi connectivity index (χ1v) is 14.4. The summed E-state index contributed by atoms with van der Waals surface area (Å²) in [4.78, 5) is 13.6. The van der Waals surface area contributed by atoms with Crippen LogP contribution in [0.15, 0.2) is 65.6 Å². The van der Waals surface area contributed by atoms with E-state index >= 15 is 0 Å². The van der Waals surface area contributed by atoms with Crippen molar-refractivity contribution in [1.82, 2.24) is 4.72 Å². The predicted molar refractivity (Wildman–Crippen MR) is 143 cm³/mol. The fraction of sp³-hybridized carbons (Fsp3) is 0.345. The van der Waals surface area contributed by atoms with Crippen LogP contribution in [0.25, 0.3) is 11.1 Å². The van der Waals surface area contributed by atoms with Gasteiger partial charge in [0.15, 0.2) is 11.5 Å². The maximum atomic E-state index is 13.4. The van der Waals surface area contributed by atoms with Gasteiger partial charge in [-0.15, -0.1) is 0 Å². The van der Waals surface area contributed by atoms with Crippen molar-refractivity contribution in [3.63, 3.8) is 0 Å². The van der Waals surface area contributed by atoms with Gasteiger partial charge in [-0.25, -0.2) is 13.1 Å². The first kappa shape index (κ1) is 24.9. The van der Waals surface area contributed by atoms with Crippen molar-refractivity contribution < 1.29 is 27.4 Å². The summed E-state index contributed by atoms with van der Waals surface area (Å²) in [6.45, 7) is 3.14. The molecule has 0 unspecified atom stereocenters. The monoisotopic (exact) mass is 534 g/mol. The lowest BCUT2D eigenvalue weighted by Crippen LogP contribution is -2.31. The van der Waals surface area contributed by atoms with E-state index in [4.69, 9.17) is 14.2 Å². The van der Waals surface area contributed by atoms with Crippen LogP contribution in [0.5, 0.6) is 11.5 Å². The summed E-state index contributed by atoms with van der Waals surface area (Å²) < 4.78 is 44.5. The summed E-state index contributed by atoms with van der Waals surface area (Å²) in [5.74, 6) is 1.32. The predicted octanol–water partition coefficient (Wildman–Crippen LogP) is 4.52. The van der Waals surface area contributed by atoms with Crippen LogP contribution in [0.3, 0.4) is 0 Å². The molecule has 198 valence electrons. The van der Waals surface area contributed by atoms with Crippen LogP contribution in [-0.4, -0.2) is 40.4 Å². The third-order valence-electron chi connectivity index (χ3n) is 7.61. The number of hydrogen-bond acceptors (Lipinski definition) is 6. The van der Waals surface area contributed by atoms with Crippen LogP contribution in [-0.2, 0) is 25.0 Å². The molecule has 2 heterocycles. The minimum atomic E-state index is -3.62. The normalized spacial score (nSPS) is 19.3. The Morgan fingerprint density at radius 1 is 1.00 bits per heavy atom. The molecule has 3 aromatic rings. The summed E-state index contributed by atoms with van der Waals surface area (Å²) in [6, 6.07) is 18.3. The zero-order chi connectivity index (χ0) is 26.3. The number of amides is 1. The Morgan fingerprint density at radius 3 is 2.53 bits per heavy atom. The smallest absolute Gasteiger partial charge is 0.240 e. The number of carbonyl (C=O) groups excluding carboxylic acids is 1. The van der Waals surface area contributed by atoms with Crippen molar-refractivity contribution in [1.29, 1.82) is 0 Å². The van der Waals surface area contributed by atoms with Crippen molar-refractivity contribution in [2.75, 3.05) is 25.3 Å². The molecule has 9 heteroatoms. The molecule has 0 bridgehead atoms. The van der Waals surface area contributed by atoms with Crippen LogP contribution < -0.4 is 19.5 Å². The van der Waals surface area contributed by atoms with Gasteiger partial charge in [-0.1, -0.05) is 24.3 Å². The molecule has 0 spiro atoms. The van der Waals surface area contributed by atoms with Crippen LogP contribution >= 0.6 is 0 Å². The average Bonchev–Trinajstić information content (AvgIpc) is 3.32. The lowest BCUT2D eigenvalue weighted by Gasteiger charge is -2.17. The number of rotatable bonds is 8. The van der Waals surface area contributed by atoms with Gasteiger partial charge in [0.2, 0.25) is 22.7 Å². The fourth-order valence-electron chi connectivity index (χ4n) is 5.13. The van der Waals surface area contributed by atoms with E-state index in [1.165, 1.54) is 0 Å². The zero-order valence-corrected chi connectivity index (χ0v) is 22.0. The molecule has 1 aliphatic carbocycles. The molecule has 2 fully saturated rings. The Labute approximate surface area is 222 Å². The quantitative estimate of drug-likeness (QED) is 0.441. The van der Waals surface area contributed by atoms with E-state index in [9.17, 15) is 13.2 Å². The number of carbonyl (C=O) groups is 1. The first-order valence-electron chi connectivity index (χ1n) is 12.9. The summed E-state index contributed by atoms with van der Waals surface area (Å²) in [5, 5.41) is 3.10. The summed E-state index contributed by atoms with van der Waals surface area (Å²) in [6.07, 6.45) is 3.30. The van der Waals surface area contributed by atoms with Gasteiger partial charge in [0.1, 0.15) is 0 Å². The van der Waals surface area contributed by atoms with E-state index in [1.807, 2.05) is 43.3 Å². The highest BCUT2D eigenvalue weighted by Crippen LogP contribution is 2.51. The van der Waals surface area contributed by atoms with Crippen LogP contribution in [0.4, 0.5) is 5.69 Å². The number of nitrogens with one attached hydrogen (secondary N) is 2. The Hall–Kier alpha value is -3.40. The number of ether oxygens (including phenoxy) is 3. The van der Waals surface area contributed by atoms with E-state index in [0.29, 0.717) is 23.8 Å². The molecule has 0 aromatic heterocycles. The molecule has 3 aliphatic rings. The molecule has 2 aliphatic heterocycles. The van der Waals surface area contributed by atoms with Crippen LogP contribution in [0.1, 0.15) is 36.8 Å². The van der Waals surface area contributed by atoms with Gasteiger partial charge >= 0.3 is 0 Å². The number of sulfonamides is 1. The molecule has 0 radical (unpaired) electrons. The molecular weight excluding hydrogens is 504 g/mol. The maximum absolute atomic E-state index is 13.4. The van der Waals surface area contributed by atoms with Crippen molar-refractivity contribution >= 4 is 21.6 Å². The molecule has 1 atom stereocenters. The molecule has 2 N–H and O–H groups in total. The van der Waals surface area contributed by atoms with Crippen molar-refractivity contribution in [3.8, 4) is 22.6 Å². The van der Waals surface area contributed by atoms with E-state index in [1.54, 1.807) is 24.3 Å². The van der Waals surface area contributed by atoms with Gasteiger partial charge in [-0.3, -0.25) is 4.79 Å². The maximum Gasteiger partial charge on any atom is 0.240 e. The second kappa shape index (κ2) is 9.72. The third kappa shape index (κ3) is 4.77.